The maximum Gasteiger partial charge on any atom is 0.211 e. The van der Waals surface area contributed by atoms with Crippen molar-refractivity contribution in [1.82, 2.24) is 4.31 Å². The molecule has 0 saturated carbocycles. The molecule has 102 valence electrons. The molecular weight excluding hydrogens is 286 g/mol. The van der Waals surface area contributed by atoms with E-state index in [9.17, 15) is 8.42 Å². The van der Waals surface area contributed by atoms with Crippen molar-refractivity contribution in [3.63, 3.8) is 0 Å². The molecule has 0 radical (unpaired) electrons. The van der Waals surface area contributed by atoms with Gasteiger partial charge in [-0.15, -0.1) is 0 Å². The number of rotatable bonds is 2. The molecule has 19 heavy (non-hydrogen) atoms. The van der Waals surface area contributed by atoms with E-state index in [4.69, 9.17) is 16.9 Å². The van der Waals surface area contributed by atoms with Gasteiger partial charge < -0.3 is 4.90 Å². The van der Waals surface area contributed by atoms with Gasteiger partial charge in [0.2, 0.25) is 10.0 Å². The average Bonchev–Trinajstić information content (AvgIpc) is 2.37. The van der Waals surface area contributed by atoms with Crippen LogP contribution in [0.3, 0.4) is 0 Å². The van der Waals surface area contributed by atoms with E-state index < -0.39 is 10.0 Å². The highest BCUT2D eigenvalue weighted by atomic mass is 35.5. The summed E-state index contributed by atoms with van der Waals surface area (Å²) in [6, 6.07) is 7.17. The van der Waals surface area contributed by atoms with Gasteiger partial charge in [-0.3, -0.25) is 0 Å². The molecule has 0 spiro atoms. The summed E-state index contributed by atoms with van der Waals surface area (Å²) in [5, 5.41) is 9.31. The van der Waals surface area contributed by atoms with Crippen LogP contribution in [0.25, 0.3) is 0 Å². The van der Waals surface area contributed by atoms with Crippen LogP contribution in [0.2, 0.25) is 5.02 Å². The number of anilines is 1. The van der Waals surface area contributed by atoms with Gasteiger partial charge in [0.05, 0.1) is 28.6 Å². The van der Waals surface area contributed by atoms with Crippen molar-refractivity contribution >= 4 is 27.3 Å². The van der Waals surface area contributed by atoms with Gasteiger partial charge in [-0.25, -0.2) is 8.42 Å². The lowest BCUT2D eigenvalue weighted by Crippen LogP contribution is -2.48. The molecule has 1 heterocycles. The molecule has 1 aliphatic heterocycles. The van der Waals surface area contributed by atoms with Gasteiger partial charge in [-0.05, 0) is 18.2 Å². The van der Waals surface area contributed by atoms with Crippen LogP contribution in [0.15, 0.2) is 18.2 Å². The van der Waals surface area contributed by atoms with E-state index in [0.29, 0.717) is 36.8 Å². The third-order valence-corrected chi connectivity index (χ3v) is 4.73. The zero-order valence-corrected chi connectivity index (χ0v) is 12.1. The first kappa shape index (κ1) is 14.1. The van der Waals surface area contributed by atoms with Crippen LogP contribution in [0.1, 0.15) is 5.56 Å². The molecule has 0 amide bonds. The van der Waals surface area contributed by atoms with Crippen molar-refractivity contribution in [2.45, 2.75) is 0 Å². The lowest BCUT2D eigenvalue weighted by molar-refractivity contribution is 0.388. The second kappa shape index (κ2) is 5.37. The molecule has 1 saturated heterocycles. The molecule has 0 unspecified atom stereocenters. The normalized spacial score (nSPS) is 17.2. The summed E-state index contributed by atoms with van der Waals surface area (Å²) < 4.78 is 24.3. The van der Waals surface area contributed by atoms with Crippen molar-refractivity contribution in [1.29, 1.82) is 5.26 Å². The Bertz CT molecular complexity index is 616. The lowest BCUT2D eigenvalue weighted by Gasteiger charge is -2.35. The third-order valence-electron chi connectivity index (χ3n) is 3.13. The van der Waals surface area contributed by atoms with E-state index in [1.807, 2.05) is 11.0 Å². The zero-order chi connectivity index (χ0) is 14.0. The Hall–Kier alpha value is -1.29. The Morgan fingerprint density at radius 3 is 2.37 bits per heavy atom. The number of nitriles is 1. The Labute approximate surface area is 118 Å². The van der Waals surface area contributed by atoms with Gasteiger partial charge in [0, 0.05) is 26.2 Å². The van der Waals surface area contributed by atoms with E-state index in [1.165, 1.54) is 10.6 Å². The van der Waals surface area contributed by atoms with Gasteiger partial charge in [-0.1, -0.05) is 11.6 Å². The number of piperazine rings is 1. The summed E-state index contributed by atoms with van der Waals surface area (Å²) >= 11 is 6.14. The highest BCUT2D eigenvalue weighted by molar-refractivity contribution is 7.88. The standard InChI is InChI=1S/C12H14ClN3O2S/c1-19(17,18)16-6-4-15(5-7-16)12-3-2-10(9-14)8-11(12)13/h2-3,8H,4-7H2,1H3. The topological polar surface area (TPSA) is 64.4 Å². The van der Waals surface area contributed by atoms with Crippen LogP contribution >= 0.6 is 11.6 Å². The minimum atomic E-state index is -3.12. The molecule has 0 N–H and O–H groups in total. The molecule has 2 rings (SSSR count). The SMILES string of the molecule is CS(=O)(=O)N1CCN(c2ccc(C#N)cc2Cl)CC1. The predicted octanol–water partition coefficient (Wildman–Crippen LogP) is 1.29. The zero-order valence-electron chi connectivity index (χ0n) is 10.5. The largest absolute Gasteiger partial charge is 0.368 e. The molecule has 0 aromatic heterocycles. The first-order chi connectivity index (χ1) is 8.91. The maximum absolute atomic E-state index is 11.4. The second-order valence-electron chi connectivity index (χ2n) is 4.43. The molecular formula is C12H14ClN3O2S. The fourth-order valence-corrected chi connectivity index (χ4v) is 3.22. The van der Waals surface area contributed by atoms with Gasteiger partial charge >= 0.3 is 0 Å². The Balaban J connectivity index is 2.12. The van der Waals surface area contributed by atoms with Crippen LogP contribution in [0, 0.1) is 11.3 Å². The van der Waals surface area contributed by atoms with Crippen LogP contribution in [0.5, 0.6) is 0 Å². The molecule has 0 bridgehead atoms. The van der Waals surface area contributed by atoms with E-state index in [1.54, 1.807) is 18.2 Å². The van der Waals surface area contributed by atoms with E-state index in [-0.39, 0.29) is 0 Å². The maximum atomic E-state index is 11.4. The number of sulfonamides is 1. The minimum absolute atomic E-state index is 0.454. The van der Waals surface area contributed by atoms with Crippen molar-refractivity contribution < 1.29 is 8.42 Å². The average molecular weight is 300 g/mol. The summed E-state index contributed by atoms with van der Waals surface area (Å²) in [4.78, 5) is 2.03. The van der Waals surface area contributed by atoms with Gasteiger partial charge in [0.15, 0.2) is 0 Å². The highest BCUT2D eigenvalue weighted by Crippen LogP contribution is 2.27. The number of hydrogen-bond acceptors (Lipinski definition) is 4. The lowest BCUT2D eigenvalue weighted by atomic mass is 10.2. The number of benzene rings is 1. The molecule has 1 aromatic carbocycles. The quantitative estimate of drug-likeness (QED) is 0.825. The molecule has 5 nitrogen and oxygen atoms in total. The van der Waals surface area contributed by atoms with E-state index in [0.717, 1.165) is 5.69 Å². The Morgan fingerprint density at radius 1 is 1.26 bits per heavy atom. The molecule has 1 aliphatic rings. The highest BCUT2D eigenvalue weighted by Gasteiger charge is 2.24. The Morgan fingerprint density at radius 2 is 1.89 bits per heavy atom. The molecule has 7 heteroatoms. The minimum Gasteiger partial charge on any atom is -0.368 e. The van der Waals surface area contributed by atoms with E-state index >= 15 is 0 Å². The second-order valence-corrected chi connectivity index (χ2v) is 6.82. The molecule has 0 atom stereocenters. The van der Waals surface area contributed by atoms with Crippen LogP contribution in [0.4, 0.5) is 5.69 Å². The van der Waals surface area contributed by atoms with Crippen molar-refractivity contribution in [2.75, 3.05) is 37.3 Å². The number of nitrogens with zero attached hydrogens (tertiary/aromatic N) is 3. The number of halogens is 1. The predicted molar refractivity (Wildman–Crippen MR) is 74.8 cm³/mol. The summed E-state index contributed by atoms with van der Waals surface area (Å²) in [6.07, 6.45) is 1.22. The summed E-state index contributed by atoms with van der Waals surface area (Å²) in [5.74, 6) is 0. The smallest absolute Gasteiger partial charge is 0.211 e. The fourth-order valence-electron chi connectivity index (χ4n) is 2.09. The first-order valence-electron chi connectivity index (χ1n) is 5.81. The third kappa shape index (κ3) is 3.18. The van der Waals surface area contributed by atoms with Gasteiger partial charge in [-0.2, -0.15) is 9.57 Å². The van der Waals surface area contributed by atoms with Gasteiger partial charge in [0.25, 0.3) is 0 Å². The fraction of sp³-hybridized carbons (Fsp3) is 0.417. The molecule has 1 fully saturated rings. The molecule has 0 aliphatic carbocycles. The summed E-state index contributed by atoms with van der Waals surface area (Å²) in [5.41, 5.74) is 1.36. The van der Waals surface area contributed by atoms with Crippen LogP contribution in [-0.2, 0) is 10.0 Å². The monoisotopic (exact) mass is 299 g/mol. The van der Waals surface area contributed by atoms with Crippen LogP contribution in [-0.4, -0.2) is 45.2 Å². The summed E-state index contributed by atoms with van der Waals surface area (Å²) in [6.45, 7) is 2.10. The van der Waals surface area contributed by atoms with Crippen molar-refractivity contribution in [3.8, 4) is 6.07 Å². The van der Waals surface area contributed by atoms with Crippen molar-refractivity contribution in [3.05, 3.63) is 28.8 Å². The van der Waals surface area contributed by atoms with E-state index in [2.05, 4.69) is 0 Å². The summed E-state index contributed by atoms with van der Waals surface area (Å²) in [7, 11) is -3.12. The number of hydrogen-bond donors (Lipinski definition) is 0. The van der Waals surface area contributed by atoms with Gasteiger partial charge in [0.1, 0.15) is 0 Å². The van der Waals surface area contributed by atoms with Crippen molar-refractivity contribution in [2.24, 2.45) is 0 Å². The first-order valence-corrected chi connectivity index (χ1v) is 8.04. The molecule has 1 aromatic rings. The Kier molecular flexibility index (Phi) is 3.99. The van der Waals surface area contributed by atoms with Crippen LogP contribution < -0.4 is 4.90 Å².